The number of hydrogen-bond acceptors (Lipinski definition) is 3. The van der Waals surface area contributed by atoms with E-state index in [1.165, 1.54) is 0 Å². The van der Waals surface area contributed by atoms with Crippen LogP contribution in [0.15, 0.2) is 22.7 Å². The molecule has 0 aliphatic heterocycles. The Morgan fingerprint density at radius 1 is 1.37 bits per heavy atom. The monoisotopic (exact) mass is 328 g/mol. The molecule has 1 aromatic carbocycles. The van der Waals surface area contributed by atoms with Crippen molar-refractivity contribution in [3.8, 4) is 5.75 Å². The summed E-state index contributed by atoms with van der Waals surface area (Å²) < 4.78 is 6.18. The van der Waals surface area contributed by atoms with Gasteiger partial charge in [-0.15, -0.1) is 0 Å². The lowest BCUT2D eigenvalue weighted by Gasteiger charge is -2.16. The third kappa shape index (κ3) is 5.11. The number of amides is 1. The van der Waals surface area contributed by atoms with Gasteiger partial charge in [-0.25, -0.2) is 0 Å². The Hall–Kier alpha value is -1.23. The summed E-state index contributed by atoms with van der Waals surface area (Å²) in [6.07, 6.45) is 1.89. The van der Waals surface area contributed by atoms with Crippen molar-refractivity contribution < 1.29 is 9.53 Å². The molecule has 0 spiro atoms. The average Bonchev–Trinajstić information content (AvgIpc) is 2.42. The van der Waals surface area contributed by atoms with Crippen LogP contribution in [0, 0.1) is 0 Å². The first-order valence-corrected chi connectivity index (χ1v) is 7.26. The van der Waals surface area contributed by atoms with Gasteiger partial charge < -0.3 is 15.4 Å². The summed E-state index contributed by atoms with van der Waals surface area (Å²) in [5.41, 5.74) is 0.802. The van der Waals surface area contributed by atoms with Crippen molar-refractivity contribution in [2.24, 2.45) is 0 Å². The van der Waals surface area contributed by atoms with E-state index in [9.17, 15) is 4.79 Å². The Bertz CT molecular complexity index is 420. The minimum atomic E-state index is -0.00396. The quantitative estimate of drug-likeness (QED) is 0.808. The third-order valence-corrected chi connectivity index (χ3v) is 3.44. The van der Waals surface area contributed by atoms with Crippen molar-refractivity contribution in [1.29, 1.82) is 0 Å². The van der Waals surface area contributed by atoms with Crippen LogP contribution in [0.2, 0.25) is 0 Å². The van der Waals surface area contributed by atoms with E-state index in [-0.39, 0.29) is 18.5 Å². The highest BCUT2D eigenvalue weighted by Crippen LogP contribution is 2.27. The molecule has 0 aliphatic carbocycles. The standard InChI is InChI=1S/C14H21BrN2O2/c1-4-11(5-2)17-14(18)9-16-12-8-10(15)6-7-13(12)19-3/h6-8,11,16H,4-5,9H2,1-3H3,(H,17,18). The molecule has 5 heteroatoms. The maximum Gasteiger partial charge on any atom is 0.239 e. The molecule has 0 saturated carbocycles. The van der Waals surface area contributed by atoms with Crippen molar-refractivity contribution in [3.63, 3.8) is 0 Å². The molecule has 0 heterocycles. The van der Waals surface area contributed by atoms with Gasteiger partial charge in [-0.2, -0.15) is 0 Å². The summed E-state index contributed by atoms with van der Waals surface area (Å²) >= 11 is 3.40. The predicted molar refractivity (Wildman–Crippen MR) is 81.7 cm³/mol. The number of halogens is 1. The van der Waals surface area contributed by atoms with E-state index in [4.69, 9.17) is 4.74 Å². The molecule has 0 unspecified atom stereocenters. The van der Waals surface area contributed by atoms with Gasteiger partial charge in [0.05, 0.1) is 19.3 Å². The smallest absolute Gasteiger partial charge is 0.239 e. The van der Waals surface area contributed by atoms with Crippen LogP contribution in [0.3, 0.4) is 0 Å². The SMILES string of the molecule is CCC(CC)NC(=O)CNc1cc(Br)ccc1OC. The van der Waals surface area contributed by atoms with Crippen LogP contribution in [0.25, 0.3) is 0 Å². The molecule has 0 aliphatic rings. The number of hydrogen-bond donors (Lipinski definition) is 2. The highest BCUT2D eigenvalue weighted by Gasteiger charge is 2.09. The largest absolute Gasteiger partial charge is 0.495 e. The molecule has 0 aromatic heterocycles. The molecule has 19 heavy (non-hydrogen) atoms. The molecule has 1 amide bonds. The van der Waals surface area contributed by atoms with Gasteiger partial charge in [0.1, 0.15) is 5.75 Å². The second-order valence-electron chi connectivity index (χ2n) is 4.28. The lowest BCUT2D eigenvalue weighted by atomic mass is 10.2. The maximum atomic E-state index is 11.8. The number of carbonyl (C=O) groups excluding carboxylic acids is 1. The highest BCUT2D eigenvalue weighted by atomic mass is 79.9. The minimum absolute atomic E-state index is 0.00396. The number of benzene rings is 1. The Labute approximate surface area is 123 Å². The van der Waals surface area contributed by atoms with Crippen molar-refractivity contribution >= 4 is 27.5 Å². The van der Waals surface area contributed by atoms with Crippen LogP contribution in [-0.4, -0.2) is 25.6 Å². The Morgan fingerprint density at radius 3 is 2.63 bits per heavy atom. The van der Waals surface area contributed by atoms with E-state index >= 15 is 0 Å². The fraction of sp³-hybridized carbons (Fsp3) is 0.500. The lowest BCUT2D eigenvalue weighted by molar-refractivity contribution is -0.120. The zero-order chi connectivity index (χ0) is 14.3. The predicted octanol–water partition coefficient (Wildman–Crippen LogP) is 3.17. The summed E-state index contributed by atoms with van der Waals surface area (Å²) in [6, 6.07) is 5.89. The van der Waals surface area contributed by atoms with Crippen molar-refractivity contribution in [2.75, 3.05) is 19.0 Å². The van der Waals surface area contributed by atoms with Crippen LogP contribution < -0.4 is 15.4 Å². The van der Waals surface area contributed by atoms with Gasteiger partial charge in [-0.1, -0.05) is 29.8 Å². The second-order valence-corrected chi connectivity index (χ2v) is 5.19. The topological polar surface area (TPSA) is 50.4 Å². The van der Waals surface area contributed by atoms with Crippen LogP contribution in [0.4, 0.5) is 5.69 Å². The third-order valence-electron chi connectivity index (χ3n) is 2.95. The van der Waals surface area contributed by atoms with E-state index in [1.54, 1.807) is 7.11 Å². The number of carbonyl (C=O) groups is 1. The van der Waals surface area contributed by atoms with Crippen LogP contribution in [0.5, 0.6) is 5.75 Å². The fourth-order valence-corrected chi connectivity index (χ4v) is 2.13. The van der Waals surface area contributed by atoms with E-state index in [0.717, 1.165) is 28.8 Å². The van der Waals surface area contributed by atoms with Gasteiger partial charge in [0.15, 0.2) is 0 Å². The summed E-state index contributed by atoms with van der Waals surface area (Å²) in [5, 5.41) is 6.08. The zero-order valence-corrected chi connectivity index (χ0v) is 13.2. The summed E-state index contributed by atoms with van der Waals surface area (Å²) in [7, 11) is 1.61. The summed E-state index contributed by atoms with van der Waals surface area (Å²) in [6.45, 7) is 4.38. The minimum Gasteiger partial charge on any atom is -0.495 e. The molecule has 106 valence electrons. The average molecular weight is 329 g/mol. The number of methoxy groups -OCH3 is 1. The number of rotatable bonds is 7. The first-order valence-electron chi connectivity index (χ1n) is 6.47. The van der Waals surface area contributed by atoms with Crippen molar-refractivity contribution in [1.82, 2.24) is 5.32 Å². The molecule has 1 aromatic rings. The fourth-order valence-electron chi connectivity index (χ4n) is 1.77. The van der Waals surface area contributed by atoms with Crippen LogP contribution in [-0.2, 0) is 4.79 Å². The zero-order valence-electron chi connectivity index (χ0n) is 11.6. The number of ether oxygens (including phenoxy) is 1. The van der Waals surface area contributed by atoms with Crippen molar-refractivity contribution in [3.05, 3.63) is 22.7 Å². The normalized spacial score (nSPS) is 10.4. The number of anilines is 1. The Morgan fingerprint density at radius 2 is 2.05 bits per heavy atom. The molecule has 0 atom stereocenters. The molecule has 0 radical (unpaired) electrons. The maximum absolute atomic E-state index is 11.8. The first-order chi connectivity index (χ1) is 9.10. The molecular weight excluding hydrogens is 308 g/mol. The van der Waals surface area contributed by atoms with Crippen LogP contribution in [0.1, 0.15) is 26.7 Å². The molecule has 0 fully saturated rings. The van der Waals surface area contributed by atoms with E-state index in [2.05, 4.69) is 40.4 Å². The molecule has 1 rings (SSSR count). The molecule has 2 N–H and O–H groups in total. The van der Waals surface area contributed by atoms with Gasteiger partial charge in [0.25, 0.3) is 0 Å². The summed E-state index contributed by atoms with van der Waals surface area (Å²) in [4.78, 5) is 11.8. The Kier molecular flexibility index (Phi) is 6.70. The van der Waals surface area contributed by atoms with E-state index in [1.807, 2.05) is 18.2 Å². The van der Waals surface area contributed by atoms with Gasteiger partial charge in [-0.05, 0) is 31.0 Å². The van der Waals surface area contributed by atoms with Gasteiger partial charge >= 0.3 is 0 Å². The lowest BCUT2D eigenvalue weighted by Crippen LogP contribution is -2.37. The second kappa shape index (κ2) is 8.04. The van der Waals surface area contributed by atoms with Gasteiger partial charge in [-0.3, -0.25) is 4.79 Å². The summed E-state index contributed by atoms with van der Waals surface area (Å²) in [5.74, 6) is 0.717. The first kappa shape index (κ1) is 15.8. The number of nitrogens with one attached hydrogen (secondary N) is 2. The van der Waals surface area contributed by atoms with E-state index < -0.39 is 0 Å². The van der Waals surface area contributed by atoms with E-state index in [0.29, 0.717) is 0 Å². The molecule has 0 bridgehead atoms. The van der Waals surface area contributed by atoms with Crippen molar-refractivity contribution in [2.45, 2.75) is 32.7 Å². The highest BCUT2D eigenvalue weighted by molar-refractivity contribution is 9.10. The molecule has 4 nitrogen and oxygen atoms in total. The Balaban J connectivity index is 2.56. The van der Waals surface area contributed by atoms with Gasteiger partial charge in [0, 0.05) is 10.5 Å². The molecule has 0 saturated heterocycles. The van der Waals surface area contributed by atoms with Crippen LogP contribution >= 0.6 is 15.9 Å². The molecular formula is C14H21BrN2O2. The van der Waals surface area contributed by atoms with Gasteiger partial charge in [0.2, 0.25) is 5.91 Å².